The summed E-state index contributed by atoms with van der Waals surface area (Å²) in [6, 6.07) is 9.36. The predicted octanol–water partition coefficient (Wildman–Crippen LogP) is 3.70. The molecule has 0 radical (unpaired) electrons. The van der Waals surface area contributed by atoms with Crippen LogP contribution < -0.4 is 5.56 Å². The topological polar surface area (TPSA) is 61.9 Å². The summed E-state index contributed by atoms with van der Waals surface area (Å²) in [6.07, 6.45) is 4.06. The van der Waals surface area contributed by atoms with E-state index in [0.717, 1.165) is 35.5 Å². The summed E-state index contributed by atoms with van der Waals surface area (Å²) in [5.41, 5.74) is 3.40. The molecule has 3 heterocycles. The number of H-pyrrole nitrogens is 1. The van der Waals surface area contributed by atoms with Crippen molar-refractivity contribution in [2.75, 3.05) is 6.54 Å². The summed E-state index contributed by atoms with van der Waals surface area (Å²) in [4.78, 5) is 26.3. The van der Waals surface area contributed by atoms with Gasteiger partial charge >= 0.3 is 0 Å². The molecular formula is C19H16Cl2N4O. The fourth-order valence-corrected chi connectivity index (χ4v) is 3.49. The smallest absolute Gasteiger partial charge is 0.254 e. The number of halogens is 2. The number of hydrogen-bond acceptors (Lipinski definition) is 4. The average molecular weight is 387 g/mol. The van der Waals surface area contributed by atoms with Crippen LogP contribution in [0.25, 0.3) is 11.4 Å². The second kappa shape index (κ2) is 7.19. The molecule has 1 aliphatic heterocycles. The first-order valence-corrected chi connectivity index (χ1v) is 9.04. The summed E-state index contributed by atoms with van der Waals surface area (Å²) in [5, 5.41) is 1.10. The molecule has 0 unspecified atom stereocenters. The molecule has 132 valence electrons. The third-order valence-corrected chi connectivity index (χ3v) is 5.22. The van der Waals surface area contributed by atoms with Gasteiger partial charge in [-0.2, -0.15) is 0 Å². The first-order chi connectivity index (χ1) is 12.6. The van der Waals surface area contributed by atoms with E-state index in [1.807, 2.05) is 24.3 Å². The molecule has 5 nitrogen and oxygen atoms in total. The average Bonchev–Trinajstić information content (AvgIpc) is 2.65. The van der Waals surface area contributed by atoms with Gasteiger partial charge in [-0.3, -0.25) is 14.7 Å². The molecule has 1 N–H and O–H groups in total. The van der Waals surface area contributed by atoms with Crippen LogP contribution >= 0.6 is 23.2 Å². The molecule has 4 rings (SSSR count). The fourth-order valence-electron chi connectivity index (χ4n) is 3.16. The van der Waals surface area contributed by atoms with Crippen LogP contribution in [0.15, 0.2) is 47.5 Å². The maximum Gasteiger partial charge on any atom is 0.254 e. The van der Waals surface area contributed by atoms with Gasteiger partial charge in [-0.05, 0) is 36.2 Å². The maximum atomic E-state index is 12.4. The molecule has 7 heteroatoms. The number of nitrogens with one attached hydrogen (secondary N) is 1. The zero-order valence-electron chi connectivity index (χ0n) is 13.9. The van der Waals surface area contributed by atoms with Gasteiger partial charge in [-0.25, -0.2) is 4.98 Å². The fraction of sp³-hybridized carbons (Fsp3) is 0.211. The molecule has 1 aromatic carbocycles. The monoisotopic (exact) mass is 386 g/mol. The highest BCUT2D eigenvalue weighted by atomic mass is 35.5. The SMILES string of the molecule is O=c1[nH]c(-c2cccnc2)nc2c1CCN(Cc1ccc(Cl)c(Cl)c1)C2. The molecule has 0 atom stereocenters. The van der Waals surface area contributed by atoms with Crippen LogP contribution in [-0.2, 0) is 19.5 Å². The van der Waals surface area contributed by atoms with Crippen molar-refractivity contribution in [1.82, 2.24) is 19.9 Å². The van der Waals surface area contributed by atoms with Crippen LogP contribution in [0.1, 0.15) is 16.8 Å². The molecule has 0 bridgehead atoms. The minimum Gasteiger partial charge on any atom is -0.306 e. The van der Waals surface area contributed by atoms with Crippen LogP contribution in [-0.4, -0.2) is 26.4 Å². The molecular weight excluding hydrogens is 371 g/mol. The highest BCUT2D eigenvalue weighted by Gasteiger charge is 2.21. The van der Waals surface area contributed by atoms with E-state index in [1.165, 1.54) is 0 Å². The Hall–Kier alpha value is -2.21. The minimum absolute atomic E-state index is 0.0666. The molecule has 0 amide bonds. The number of pyridine rings is 1. The number of benzene rings is 1. The molecule has 0 saturated carbocycles. The van der Waals surface area contributed by atoms with E-state index in [9.17, 15) is 4.79 Å². The molecule has 2 aromatic heterocycles. The van der Waals surface area contributed by atoms with Crippen molar-refractivity contribution in [3.8, 4) is 11.4 Å². The normalized spacial score (nSPS) is 14.2. The number of aromatic nitrogens is 3. The Bertz CT molecular complexity index is 1000. The molecule has 0 aliphatic carbocycles. The van der Waals surface area contributed by atoms with Crippen LogP contribution in [0.5, 0.6) is 0 Å². The number of fused-ring (bicyclic) bond motifs is 1. The van der Waals surface area contributed by atoms with E-state index < -0.39 is 0 Å². The number of nitrogens with zero attached hydrogens (tertiary/aromatic N) is 3. The Kier molecular flexibility index (Phi) is 4.76. The van der Waals surface area contributed by atoms with Gasteiger partial charge in [0.2, 0.25) is 0 Å². The van der Waals surface area contributed by atoms with Gasteiger partial charge < -0.3 is 4.98 Å². The lowest BCUT2D eigenvalue weighted by atomic mass is 10.1. The molecule has 0 saturated heterocycles. The molecule has 0 spiro atoms. The Labute approximate surface area is 160 Å². The summed E-state index contributed by atoms with van der Waals surface area (Å²) >= 11 is 12.1. The van der Waals surface area contributed by atoms with E-state index in [4.69, 9.17) is 23.2 Å². The van der Waals surface area contributed by atoms with Crippen molar-refractivity contribution < 1.29 is 0 Å². The predicted molar refractivity (Wildman–Crippen MR) is 102 cm³/mol. The highest BCUT2D eigenvalue weighted by Crippen LogP contribution is 2.25. The number of hydrogen-bond donors (Lipinski definition) is 1. The summed E-state index contributed by atoms with van der Waals surface area (Å²) < 4.78 is 0. The molecule has 3 aromatic rings. The van der Waals surface area contributed by atoms with Crippen LogP contribution in [0.4, 0.5) is 0 Å². The van der Waals surface area contributed by atoms with Crippen molar-refractivity contribution >= 4 is 23.2 Å². The van der Waals surface area contributed by atoms with Gasteiger partial charge in [0.25, 0.3) is 5.56 Å². The van der Waals surface area contributed by atoms with E-state index in [-0.39, 0.29) is 5.56 Å². The van der Waals surface area contributed by atoms with Gasteiger partial charge in [-0.1, -0.05) is 29.3 Å². The van der Waals surface area contributed by atoms with Gasteiger partial charge in [0.15, 0.2) is 0 Å². The van der Waals surface area contributed by atoms with E-state index in [1.54, 1.807) is 18.5 Å². The van der Waals surface area contributed by atoms with Gasteiger partial charge in [-0.15, -0.1) is 0 Å². The van der Waals surface area contributed by atoms with E-state index in [2.05, 4.69) is 19.9 Å². The lowest BCUT2D eigenvalue weighted by molar-refractivity contribution is 0.240. The van der Waals surface area contributed by atoms with Gasteiger partial charge in [0.05, 0.1) is 15.7 Å². The van der Waals surface area contributed by atoms with Crippen molar-refractivity contribution in [3.63, 3.8) is 0 Å². The summed E-state index contributed by atoms with van der Waals surface area (Å²) in [7, 11) is 0. The summed E-state index contributed by atoms with van der Waals surface area (Å²) in [5.74, 6) is 0.554. The Morgan fingerprint density at radius 3 is 2.85 bits per heavy atom. The minimum atomic E-state index is -0.0666. The molecule has 26 heavy (non-hydrogen) atoms. The Balaban J connectivity index is 1.60. The van der Waals surface area contributed by atoms with Gasteiger partial charge in [0.1, 0.15) is 5.82 Å². The third kappa shape index (κ3) is 3.51. The second-order valence-corrected chi connectivity index (χ2v) is 7.10. The zero-order valence-corrected chi connectivity index (χ0v) is 15.4. The van der Waals surface area contributed by atoms with E-state index >= 15 is 0 Å². The zero-order chi connectivity index (χ0) is 18.1. The largest absolute Gasteiger partial charge is 0.306 e. The maximum absolute atomic E-state index is 12.4. The number of rotatable bonds is 3. The summed E-state index contributed by atoms with van der Waals surface area (Å²) in [6.45, 7) is 2.14. The van der Waals surface area contributed by atoms with Crippen molar-refractivity contribution in [2.45, 2.75) is 19.5 Å². The van der Waals surface area contributed by atoms with Crippen molar-refractivity contribution in [2.24, 2.45) is 0 Å². The van der Waals surface area contributed by atoms with Crippen molar-refractivity contribution in [1.29, 1.82) is 0 Å². The standard InChI is InChI=1S/C19H16Cl2N4O/c20-15-4-3-12(8-16(15)21)10-25-7-5-14-17(11-25)23-18(24-19(14)26)13-2-1-6-22-9-13/h1-4,6,8-9H,5,7,10-11H2,(H,23,24,26). The van der Waals surface area contributed by atoms with Crippen LogP contribution in [0.2, 0.25) is 10.0 Å². The van der Waals surface area contributed by atoms with E-state index in [0.29, 0.717) is 28.8 Å². The lowest BCUT2D eigenvalue weighted by Gasteiger charge is -2.27. The van der Waals surface area contributed by atoms with Crippen LogP contribution in [0, 0.1) is 0 Å². The van der Waals surface area contributed by atoms with Gasteiger partial charge in [0, 0.05) is 43.2 Å². The lowest BCUT2D eigenvalue weighted by Crippen LogP contribution is -2.35. The highest BCUT2D eigenvalue weighted by molar-refractivity contribution is 6.42. The first-order valence-electron chi connectivity index (χ1n) is 8.29. The molecule has 1 aliphatic rings. The van der Waals surface area contributed by atoms with Crippen LogP contribution in [0.3, 0.4) is 0 Å². The first kappa shape index (κ1) is 17.2. The Morgan fingerprint density at radius 2 is 2.08 bits per heavy atom. The quantitative estimate of drug-likeness (QED) is 0.745. The van der Waals surface area contributed by atoms with Crippen molar-refractivity contribution in [3.05, 3.63) is 79.9 Å². The third-order valence-electron chi connectivity index (χ3n) is 4.48. The Morgan fingerprint density at radius 1 is 1.19 bits per heavy atom. The molecule has 0 fully saturated rings. The second-order valence-electron chi connectivity index (χ2n) is 6.29. The number of aromatic amines is 1.